The minimum Gasteiger partial charge on any atom is -0.343 e. The highest BCUT2D eigenvalue weighted by Gasteiger charge is 2.06. The molecule has 0 fully saturated rings. The molecule has 21 heavy (non-hydrogen) atoms. The van der Waals surface area contributed by atoms with Crippen LogP contribution in [0, 0.1) is 5.82 Å². The van der Waals surface area contributed by atoms with Crippen molar-refractivity contribution in [3.05, 3.63) is 71.7 Å². The van der Waals surface area contributed by atoms with Crippen LogP contribution in [-0.4, -0.2) is 10.5 Å². The van der Waals surface area contributed by atoms with Gasteiger partial charge in [-0.1, -0.05) is 12.1 Å². The van der Waals surface area contributed by atoms with Crippen LogP contribution in [0.25, 0.3) is 10.9 Å². The van der Waals surface area contributed by atoms with Gasteiger partial charge in [0.05, 0.1) is 0 Å². The summed E-state index contributed by atoms with van der Waals surface area (Å²) in [4.78, 5) is 11.5. The Kier molecular flexibility index (Phi) is 3.41. The summed E-state index contributed by atoms with van der Waals surface area (Å²) in [5.74, 6) is 4.57. The molecular weight excluding hydrogens is 269 g/mol. The summed E-state index contributed by atoms with van der Waals surface area (Å²) < 4.78 is 15.2. The van der Waals surface area contributed by atoms with Gasteiger partial charge < -0.3 is 4.57 Å². The van der Waals surface area contributed by atoms with Gasteiger partial charge in [-0.15, -0.1) is 0 Å². The van der Waals surface area contributed by atoms with Crippen molar-refractivity contribution in [1.29, 1.82) is 0 Å². The van der Waals surface area contributed by atoms with E-state index < -0.39 is 0 Å². The Hall–Kier alpha value is -2.66. The number of benzene rings is 2. The minimum atomic E-state index is -0.323. The SMILES string of the molecule is NNC(=O)c1cccc(Cn2ccc3cc(F)ccc32)c1. The number of hydrogen-bond donors (Lipinski definition) is 2. The zero-order valence-electron chi connectivity index (χ0n) is 11.2. The van der Waals surface area contributed by atoms with Crippen LogP contribution in [0.2, 0.25) is 0 Å². The number of halogens is 1. The van der Waals surface area contributed by atoms with E-state index in [0.29, 0.717) is 12.1 Å². The van der Waals surface area contributed by atoms with Crippen LogP contribution < -0.4 is 11.3 Å². The first kappa shape index (κ1) is 13.3. The lowest BCUT2D eigenvalue weighted by Gasteiger charge is -2.07. The van der Waals surface area contributed by atoms with Gasteiger partial charge in [0.2, 0.25) is 0 Å². The fourth-order valence-corrected chi connectivity index (χ4v) is 2.40. The third-order valence-electron chi connectivity index (χ3n) is 3.41. The van der Waals surface area contributed by atoms with Crippen molar-refractivity contribution < 1.29 is 9.18 Å². The van der Waals surface area contributed by atoms with Gasteiger partial charge in [-0.3, -0.25) is 10.2 Å². The molecule has 4 nitrogen and oxygen atoms in total. The Morgan fingerprint density at radius 2 is 2.05 bits per heavy atom. The lowest BCUT2D eigenvalue weighted by molar-refractivity contribution is 0.0953. The van der Waals surface area contributed by atoms with Crippen molar-refractivity contribution in [1.82, 2.24) is 9.99 Å². The maximum absolute atomic E-state index is 13.2. The first-order valence-corrected chi connectivity index (χ1v) is 6.51. The number of nitrogens with zero attached hydrogens (tertiary/aromatic N) is 1. The first-order valence-electron chi connectivity index (χ1n) is 6.51. The number of nitrogens with two attached hydrogens (primary N) is 1. The molecule has 0 aliphatic carbocycles. The lowest BCUT2D eigenvalue weighted by atomic mass is 10.1. The maximum atomic E-state index is 13.2. The number of nitrogen functional groups attached to an aromatic ring is 1. The molecule has 0 aliphatic heterocycles. The molecule has 3 N–H and O–H groups in total. The average molecular weight is 283 g/mol. The molecule has 0 saturated heterocycles. The van der Waals surface area contributed by atoms with E-state index in [-0.39, 0.29) is 11.7 Å². The molecule has 1 amide bonds. The zero-order valence-corrected chi connectivity index (χ0v) is 11.2. The molecule has 0 bridgehead atoms. The van der Waals surface area contributed by atoms with Crippen molar-refractivity contribution in [3.8, 4) is 0 Å². The number of aromatic nitrogens is 1. The molecule has 0 spiro atoms. The highest BCUT2D eigenvalue weighted by Crippen LogP contribution is 2.18. The van der Waals surface area contributed by atoms with E-state index in [2.05, 4.69) is 5.43 Å². The monoisotopic (exact) mass is 283 g/mol. The Morgan fingerprint density at radius 1 is 1.19 bits per heavy atom. The average Bonchev–Trinajstić information content (AvgIpc) is 2.89. The summed E-state index contributed by atoms with van der Waals surface area (Å²) in [5.41, 5.74) is 4.55. The van der Waals surface area contributed by atoms with E-state index in [1.54, 1.807) is 18.2 Å². The molecular formula is C16H14FN3O. The Labute approximate surface area is 121 Å². The van der Waals surface area contributed by atoms with E-state index in [0.717, 1.165) is 16.5 Å². The molecule has 5 heteroatoms. The summed E-state index contributed by atoms with van der Waals surface area (Å²) >= 11 is 0. The molecule has 3 rings (SSSR count). The second-order valence-corrected chi connectivity index (χ2v) is 4.82. The normalized spacial score (nSPS) is 10.8. The van der Waals surface area contributed by atoms with Crippen molar-refractivity contribution in [2.75, 3.05) is 0 Å². The zero-order chi connectivity index (χ0) is 14.8. The smallest absolute Gasteiger partial charge is 0.265 e. The largest absolute Gasteiger partial charge is 0.343 e. The lowest BCUT2D eigenvalue weighted by Crippen LogP contribution is -2.30. The van der Waals surface area contributed by atoms with E-state index in [1.165, 1.54) is 12.1 Å². The van der Waals surface area contributed by atoms with Crippen molar-refractivity contribution >= 4 is 16.8 Å². The minimum absolute atomic E-state index is 0.248. The highest BCUT2D eigenvalue weighted by atomic mass is 19.1. The molecule has 0 radical (unpaired) electrons. The Bertz CT molecular complexity index is 810. The number of fused-ring (bicyclic) bond motifs is 1. The second-order valence-electron chi connectivity index (χ2n) is 4.82. The molecule has 3 aromatic rings. The summed E-state index contributed by atoms with van der Waals surface area (Å²) in [7, 11) is 0. The summed E-state index contributed by atoms with van der Waals surface area (Å²) in [5, 5.41) is 0.853. The predicted octanol–water partition coefficient (Wildman–Crippen LogP) is 2.43. The number of hydrogen-bond acceptors (Lipinski definition) is 2. The molecule has 1 heterocycles. The standard InChI is InChI=1S/C16H14FN3O/c17-14-4-5-15-12(9-14)6-7-20(15)10-11-2-1-3-13(8-11)16(21)19-18/h1-9H,10,18H2,(H,19,21). The van der Waals surface area contributed by atoms with Gasteiger partial charge >= 0.3 is 0 Å². The molecule has 1 aromatic heterocycles. The molecule has 0 saturated carbocycles. The maximum Gasteiger partial charge on any atom is 0.265 e. The van der Waals surface area contributed by atoms with Gasteiger partial charge in [0.25, 0.3) is 5.91 Å². The number of carbonyl (C=O) groups excluding carboxylic acids is 1. The van der Waals surface area contributed by atoms with Crippen molar-refractivity contribution in [2.24, 2.45) is 5.84 Å². The number of amides is 1. The predicted molar refractivity (Wildman–Crippen MR) is 79.1 cm³/mol. The number of rotatable bonds is 3. The quantitative estimate of drug-likeness (QED) is 0.440. The number of nitrogens with one attached hydrogen (secondary N) is 1. The van der Waals surface area contributed by atoms with Gasteiger partial charge in [-0.2, -0.15) is 0 Å². The summed E-state index contributed by atoms with van der Waals surface area (Å²) in [6, 6.07) is 13.8. The van der Waals surface area contributed by atoms with Crippen LogP contribution in [0.3, 0.4) is 0 Å². The van der Waals surface area contributed by atoms with Gasteiger partial charge in [-0.25, -0.2) is 10.2 Å². The third-order valence-corrected chi connectivity index (χ3v) is 3.41. The summed E-state index contributed by atoms with van der Waals surface area (Å²) in [6.07, 6.45) is 1.90. The van der Waals surface area contributed by atoms with Gasteiger partial charge in [0, 0.05) is 29.2 Å². The number of hydrazine groups is 1. The van der Waals surface area contributed by atoms with Crippen LogP contribution in [0.1, 0.15) is 15.9 Å². The van der Waals surface area contributed by atoms with Crippen LogP contribution in [0.5, 0.6) is 0 Å². The van der Waals surface area contributed by atoms with Gasteiger partial charge in [0.15, 0.2) is 0 Å². The molecule has 0 aliphatic rings. The second kappa shape index (κ2) is 5.38. The van der Waals surface area contributed by atoms with E-state index in [1.807, 2.05) is 29.0 Å². The fraction of sp³-hybridized carbons (Fsp3) is 0.0625. The third kappa shape index (κ3) is 2.64. The van der Waals surface area contributed by atoms with Gasteiger partial charge in [0.1, 0.15) is 5.82 Å². The van der Waals surface area contributed by atoms with E-state index in [4.69, 9.17) is 5.84 Å². The molecule has 106 valence electrons. The van der Waals surface area contributed by atoms with Crippen LogP contribution in [0.15, 0.2) is 54.7 Å². The van der Waals surface area contributed by atoms with E-state index in [9.17, 15) is 9.18 Å². The molecule has 0 atom stereocenters. The van der Waals surface area contributed by atoms with Crippen LogP contribution in [-0.2, 0) is 6.54 Å². The van der Waals surface area contributed by atoms with Crippen LogP contribution >= 0.6 is 0 Å². The number of carbonyl (C=O) groups is 1. The van der Waals surface area contributed by atoms with Crippen LogP contribution in [0.4, 0.5) is 4.39 Å². The van der Waals surface area contributed by atoms with Crippen molar-refractivity contribution in [2.45, 2.75) is 6.54 Å². The Morgan fingerprint density at radius 3 is 2.86 bits per heavy atom. The van der Waals surface area contributed by atoms with Crippen molar-refractivity contribution in [3.63, 3.8) is 0 Å². The first-order chi connectivity index (χ1) is 10.2. The molecule has 0 unspecified atom stereocenters. The Balaban J connectivity index is 1.93. The summed E-state index contributed by atoms with van der Waals surface area (Å²) in [6.45, 7) is 0.598. The highest BCUT2D eigenvalue weighted by molar-refractivity contribution is 5.93. The van der Waals surface area contributed by atoms with E-state index >= 15 is 0 Å². The van der Waals surface area contributed by atoms with Gasteiger partial charge in [-0.05, 0) is 42.0 Å². The topological polar surface area (TPSA) is 60.0 Å². The fourth-order valence-electron chi connectivity index (χ4n) is 2.40. The molecule has 2 aromatic carbocycles.